The first-order valence-electron chi connectivity index (χ1n) is 5.36. The van der Waals surface area contributed by atoms with Crippen LogP contribution in [-0.2, 0) is 6.54 Å². The molecule has 2 rings (SSSR count). The Morgan fingerprint density at radius 2 is 2.28 bits per heavy atom. The zero-order valence-corrected chi connectivity index (χ0v) is 10.9. The molecule has 2 aromatic heterocycles. The van der Waals surface area contributed by atoms with Crippen molar-refractivity contribution in [3.8, 4) is 0 Å². The van der Waals surface area contributed by atoms with E-state index in [1.807, 2.05) is 24.3 Å². The molecule has 0 radical (unpaired) electrons. The van der Waals surface area contributed by atoms with E-state index in [-0.39, 0.29) is 5.56 Å². The molecule has 2 heterocycles. The topological polar surface area (TPSA) is 66.3 Å². The second-order valence-electron chi connectivity index (χ2n) is 3.98. The molecule has 0 bridgehead atoms. The molecule has 0 fully saturated rings. The molecular weight excluding hydrogens is 250 g/mol. The lowest BCUT2D eigenvalue weighted by Gasteiger charge is -2.20. The van der Waals surface area contributed by atoms with Gasteiger partial charge in [0.2, 0.25) is 0 Å². The summed E-state index contributed by atoms with van der Waals surface area (Å²) < 4.78 is 0. The lowest BCUT2D eigenvalue weighted by atomic mass is 10.2. The summed E-state index contributed by atoms with van der Waals surface area (Å²) in [5, 5.41) is 11.1. The van der Waals surface area contributed by atoms with Crippen LogP contribution in [0.15, 0.2) is 23.2 Å². The summed E-state index contributed by atoms with van der Waals surface area (Å²) in [4.78, 5) is 21.2. The Kier molecular flexibility index (Phi) is 3.57. The van der Waals surface area contributed by atoms with Gasteiger partial charge in [-0.15, -0.1) is 11.3 Å². The van der Waals surface area contributed by atoms with Crippen LogP contribution in [0.1, 0.15) is 21.7 Å². The van der Waals surface area contributed by atoms with E-state index in [0.29, 0.717) is 12.2 Å². The molecule has 0 unspecified atom stereocenters. The first kappa shape index (κ1) is 12.5. The minimum atomic E-state index is -0.970. The highest BCUT2D eigenvalue weighted by molar-refractivity contribution is 7.07. The van der Waals surface area contributed by atoms with Crippen LogP contribution in [0.4, 0.5) is 5.69 Å². The standard InChI is InChI=1S/C12H13N3O2S/c1-8-3-11(10(4-13-8)12(16)17)15(2)5-9-6-18-7-14-9/h3-4,6-7H,5H2,1-2H3,(H,16,17). The fraction of sp³-hybridized carbons (Fsp3) is 0.250. The van der Waals surface area contributed by atoms with Gasteiger partial charge in [0.15, 0.2) is 0 Å². The summed E-state index contributed by atoms with van der Waals surface area (Å²) >= 11 is 1.52. The Balaban J connectivity index is 2.31. The Morgan fingerprint density at radius 3 is 2.89 bits per heavy atom. The molecule has 2 aromatic rings. The molecule has 0 saturated carbocycles. The SMILES string of the molecule is Cc1cc(N(C)Cc2cscn2)c(C(=O)O)cn1. The number of aromatic carboxylic acids is 1. The summed E-state index contributed by atoms with van der Waals surface area (Å²) in [6.07, 6.45) is 1.39. The molecule has 0 spiro atoms. The third kappa shape index (κ3) is 2.65. The molecule has 18 heavy (non-hydrogen) atoms. The van der Waals surface area contributed by atoms with Gasteiger partial charge in [-0.05, 0) is 13.0 Å². The second-order valence-corrected chi connectivity index (χ2v) is 4.70. The van der Waals surface area contributed by atoms with E-state index in [1.165, 1.54) is 17.5 Å². The van der Waals surface area contributed by atoms with Crippen molar-refractivity contribution in [2.75, 3.05) is 11.9 Å². The number of anilines is 1. The normalized spacial score (nSPS) is 10.3. The average Bonchev–Trinajstić information content (AvgIpc) is 2.81. The van der Waals surface area contributed by atoms with Gasteiger partial charge in [-0.25, -0.2) is 9.78 Å². The molecule has 0 atom stereocenters. The van der Waals surface area contributed by atoms with Crippen LogP contribution in [0.2, 0.25) is 0 Å². The van der Waals surface area contributed by atoms with Gasteiger partial charge in [0, 0.05) is 24.3 Å². The third-order valence-electron chi connectivity index (χ3n) is 2.54. The highest BCUT2D eigenvalue weighted by Gasteiger charge is 2.15. The van der Waals surface area contributed by atoms with Crippen LogP contribution >= 0.6 is 11.3 Å². The van der Waals surface area contributed by atoms with Crippen molar-refractivity contribution >= 4 is 23.0 Å². The molecular formula is C12H13N3O2S. The van der Waals surface area contributed by atoms with Crippen LogP contribution in [0.25, 0.3) is 0 Å². The van der Waals surface area contributed by atoms with Crippen LogP contribution in [0.5, 0.6) is 0 Å². The van der Waals surface area contributed by atoms with Gasteiger partial charge in [-0.1, -0.05) is 0 Å². The van der Waals surface area contributed by atoms with Gasteiger partial charge in [0.05, 0.1) is 23.4 Å². The third-order valence-corrected chi connectivity index (χ3v) is 3.18. The number of pyridine rings is 1. The van der Waals surface area contributed by atoms with Gasteiger partial charge in [0.25, 0.3) is 0 Å². The van der Waals surface area contributed by atoms with Crippen LogP contribution < -0.4 is 4.90 Å². The van der Waals surface area contributed by atoms with E-state index in [0.717, 1.165) is 11.4 Å². The van der Waals surface area contributed by atoms with E-state index >= 15 is 0 Å². The first-order chi connectivity index (χ1) is 8.58. The van der Waals surface area contributed by atoms with Crippen molar-refractivity contribution in [3.05, 3.63) is 40.1 Å². The van der Waals surface area contributed by atoms with Crippen LogP contribution in [0, 0.1) is 6.92 Å². The lowest BCUT2D eigenvalue weighted by molar-refractivity contribution is 0.0697. The summed E-state index contributed by atoms with van der Waals surface area (Å²) in [6.45, 7) is 2.42. The summed E-state index contributed by atoms with van der Waals surface area (Å²) in [5.41, 5.74) is 4.34. The predicted molar refractivity (Wildman–Crippen MR) is 70.2 cm³/mol. The van der Waals surface area contributed by atoms with E-state index < -0.39 is 5.97 Å². The summed E-state index contributed by atoms with van der Waals surface area (Å²) in [5.74, 6) is -0.970. The second kappa shape index (κ2) is 5.14. The number of carboxylic acid groups (broad SMARTS) is 1. The number of hydrogen-bond donors (Lipinski definition) is 1. The minimum absolute atomic E-state index is 0.207. The minimum Gasteiger partial charge on any atom is -0.478 e. The number of carboxylic acids is 1. The Bertz CT molecular complexity index is 554. The summed E-state index contributed by atoms with van der Waals surface area (Å²) in [6, 6.07) is 1.77. The zero-order valence-electron chi connectivity index (χ0n) is 10.1. The maximum absolute atomic E-state index is 11.2. The van der Waals surface area contributed by atoms with Gasteiger partial charge in [-0.3, -0.25) is 4.98 Å². The highest BCUT2D eigenvalue weighted by Crippen LogP contribution is 2.21. The van der Waals surface area contributed by atoms with Crippen molar-refractivity contribution in [2.45, 2.75) is 13.5 Å². The van der Waals surface area contributed by atoms with Crippen molar-refractivity contribution in [1.82, 2.24) is 9.97 Å². The molecule has 0 amide bonds. The number of carbonyl (C=O) groups is 1. The number of thiazole rings is 1. The maximum atomic E-state index is 11.2. The van der Waals surface area contributed by atoms with Crippen molar-refractivity contribution in [3.63, 3.8) is 0 Å². The largest absolute Gasteiger partial charge is 0.478 e. The van der Waals surface area contributed by atoms with Crippen LogP contribution in [0.3, 0.4) is 0 Å². The number of aromatic nitrogens is 2. The predicted octanol–water partition coefficient (Wildman–Crippen LogP) is 2.18. The molecule has 6 heteroatoms. The van der Waals surface area contributed by atoms with Crippen molar-refractivity contribution < 1.29 is 9.90 Å². The average molecular weight is 263 g/mol. The molecule has 0 aromatic carbocycles. The molecule has 0 saturated heterocycles. The van der Waals surface area contributed by atoms with Crippen molar-refractivity contribution in [1.29, 1.82) is 0 Å². The molecule has 5 nitrogen and oxygen atoms in total. The number of nitrogens with zero attached hydrogens (tertiary/aromatic N) is 3. The monoisotopic (exact) mass is 263 g/mol. The van der Waals surface area contributed by atoms with Gasteiger partial charge in [-0.2, -0.15) is 0 Å². The maximum Gasteiger partial charge on any atom is 0.339 e. The molecule has 0 aliphatic rings. The van der Waals surface area contributed by atoms with Gasteiger partial charge >= 0.3 is 5.97 Å². The summed E-state index contributed by atoms with van der Waals surface area (Å²) in [7, 11) is 1.85. The molecule has 1 N–H and O–H groups in total. The van der Waals surface area contributed by atoms with E-state index in [9.17, 15) is 4.79 Å². The fourth-order valence-corrected chi connectivity index (χ4v) is 2.22. The van der Waals surface area contributed by atoms with E-state index in [2.05, 4.69) is 9.97 Å². The van der Waals surface area contributed by atoms with E-state index in [1.54, 1.807) is 11.6 Å². The lowest BCUT2D eigenvalue weighted by Crippen LogP contribution is -2.20. The van der Waals surface area contributed by atoms with Crippen molar-refractivity contribution in [2.24, 2.45) is 0 Å². The molecule has 94 valence electrons. The Labute approximate surface area is 109 Å². The van der Waals surface area contributed by atoms with Gasteiger partial charge < -0.3 is 10.0 Å². The molecule has 0 aliphatic heterocycles. The highest BCUT2D eigenvalue weighted by atomic mass is 32.1. The Hall–Kier alpha value is -1.95. The number of rotatable bonds is 4. The smallest absolute Gasteiger partial charge is 0.339 e. The molecule has 0 aliphatic carbocycles. The zero-order chi connectivity index (χ0) is 13.1. The quantitative estimate of drug-likeness (QED) is 0.915. The van der Waals surface area contributed by atoms with E-state index in [4.69, 9.17) is 5.11 Å². The Morgan fingerprint density at radius 1 is 1.50 bits per heavy atom. The number of hydrogen-bond acceptors (Lipinski definition) is 5. The van der Waals surface area contributed by atoms with Crippen LogP contribution in [-0.4, -0.2) is 28.1 Å². The van der Waals surface area contributed by atoms with Gasteiger partial charge in [0.1, 0.15) is 5.56 Å². The fourth-order valence-electron chi connectivity index (χ4n) is 1.67. The number of aryl methyl sites for hydroxylation is 1. The first-order valence-corrected chi connectivity index (χ1v) is 6.30.